The Kier molecular flexibility index (Phi) is 5.61. The Balaban J connectivity index is 1.71. The highest BCUT2D eigenvalue weighted by Gasteiger charge is 2.26. The van der Waals surface area contributed by atoms with Gasteiger partial charge in [0, 0.05) is 36.2 Å². The van der Waals surface area contributed by atoms with Crippen LogP contribution >= 0.6 is 0 Å². The molecule has 26 heavy (non-hydrogen) atoms. The third kappa shape index (κ3) is 4.07. The molecule has 0 spiro atoms. The predicted molar refractivity (Wildman–Crippen MR) is 101 cm³/mol. The number of carbonyl (C=O) groups excluding carboxylic acids is 2. The molecule has 1 aromatic heterocycles. The van der Waals surface area contributed by atoms with Crippen LogP contribution < -0.4 is 5.32 Å². The summed E-state index contributed by atoms with van der Waals surface area (Å²) in [5, 5.41) is 3.07. The summed E-state index contributed by atoms with van der Waals surface area (Å²) in [5.74, 6) is 0.400. The monoisotopic (exact) mass is 352 g/mol. The first-order valence-corrected chi connectivity index (χ1v) is 9.09. The van der Waals surface area contributed by atoms with E-state index in [1.54, 1.807) is 30.6 Å². The number of ketones is 1. The number of nitrogens with one attached hydrogen (secondary N) is 1. The summed E-state index contributed by atoms with van der Waals surface area (Å²) in [5.41, 5.74) is 1.87. The van der Waals surface area contributed by atoms with Crippen LogP contribution in [0, 0.1) is 0 Å². The average Bonchev–Trinajstić information content (AvgIpc) is 2.68. The summed E-state index contributed by atoms with van der Waals surface area (Å²) in [4.78, 5) is 34.7. The van der Waals surface area contributed by atoms with Crippen molar-refractivity contribution in [1.82, 2.24) is 14.9 Å². The van der Waals surface area contributed by atoms with Crippen LogP contribution in [-0.4, -0.2) is 39.1 Å². The SMILES string of the molecule is CCC1CCCCN1C(=O)c1cnc(Nc2cccc(C(C)=O)c2)nc1. The minimum absolute atomic E-state index is 0.00155. The van der Waals surface area contributed by atoms with Gasteiger partial charge >= 0.3 is 0 Å². The highest BCUT2D eigenvalue weighted by atomic mass is 16.2. The molecule has 3 rings (SSSR count). The smallest absolute Gasteiger partial charge is 0.257 e. The van der Waals surface area contributed by atoms with Gasteiger partial charge in [0.25, 0.3) is 5.91 Å². The second-order valence-electron chi connectivity index (χ2n) is 6.61. The van der Waals surface area contributed by atoms with Crippen molar-refractivity contribution in [1.29, 1.82) is 0 Å². The zero-order valence-electron chi connectivity index (χ0n) is 15.2. The van der Waals surface area contributed by atoms with Crippen LogP contribution in [0.2, 0.25) is 0 Å². The van der Waals surface area contributed by atoms with E-state index in [1.807, 2.05) is 11.0 Å². The van der Waals surface area contributed by atoms with Crippen LogP contribution in [0.4, 0.5) is 11.6 Å². The van der Waals surface area contributed by atoms with Gasteiger partial charge in [-0.3, -0.25) is 9.59 Å². The minimum atomic E-state index is 0.00155. The van der Waals surface area contributed by atoms with E-state index in [1.165, 1.54) is 13.3 Å². The Bertz CT molecular complexity index is 789. The molecule has 1 aliphatic rings. The molecule has 0 bridgehead atoms. The normalized spacial score (nSPS) is 17.0. The topological polar surface area (TPSA) is 75.2 Å². The molecule has 1 saturated heterocycles. The van der Waals surface area contributed by atoms with Crippen LogP contribution in [0.25, 0.3) is 0 Å². The van der Waals surface area contributed by atoms with Gasteiger partial charge in [-0.25, -0.2) is 9.97 Å². The quantitative estimate of drug-likeness (QED) is 0.828. The minimum Gasteiger partial charge on any atom is -0.336 e. The molecule has 2 aromatic rings. The van der Waals surface area contributed by atoms with Crippen molar-refractivity contribution in [3.63, 3.8) is 0 Å². The van der Waals surface area contributed by atoms with Crippen molar-refractivity contribution < 1.29 is 9.59 Å². The first-order chi connectivity index (χ1) is 12.6. The highest BCUT2D eigenvalue weighted by Crippen LogP contribution is 2.22. The van der Waals surface area contributed by atoms with Gasteiger partial charge < -0.3 is 10.2 Å². The summed E-state index contributed by atoms with van der Waals surface area (Å²) >= 11 is 0. The molecule has 136 valence electrons. The fourth-order valence-corrected chi connectivity index (χ4v) is 3.31. The van der Waals surface area contributed by atoms with Crippen molar-refractivity contribution in [3.8, 4) is 0 Å². The summed E-state index contributed by atoms with van der Waals surface area (Å²) in [6, 6.07) is 7.47. The van der Waals surface area contributed by atoms with Gasteiger partial charge in [-0.05, 0) is 44.7 Å². The van der Waals surface area contributed by atoms with Gasteiger partial charge in [0.1, 0.15) is 0 Å². The number of benzene rings is 1. The van der Waals surface area contributed by atoms with Gasteiger partial charge in [-0.1, -0.05) is 19.1 Å². The maximum atomic E-state index is 12.7. The Hall–Kier alpha value is -2.76. The number of hydrogen-bond acceptors (Lipinski definition) is 5. The third-order valence-electron chi connectivity index (χ3n) is 4.78. The highest BCUT2D eigenvalue weighted by molar-refractivity contribution is 5.95. The van der Waals surface area contributed by atoms with Crippen molar-refractivity contribution >= 4 is 23.3 Å². The predicted octanol–water partition coefficient (Wildman–Crippen LogP) is 3.83. The zero-order valence-corrected chi connectivity index (χ0v) is 15.2. The van der Waals surface area contributed by atoms with Crippen molar-refractivity contribution in [3.05, 3.63) is 47.8 Å². The van der Waals surface area contributed by atoms with Crippen LogP contribution in [0.15, 0.2) is 36.7 Å². The molecule has 0 aliphatic carbocycles. The second kappa shape index (κ2) is 8.08. The fourth-order valence-electron chi connectivity index (χ4n) is 3.31. The van der Waals surface area contributed by atoms with E-state index in [4.69, 9.17) is 0 Å². The van der Waals surface area contributed by atoms with Crippen LogP contribution in [0.1, 0.15) is 60.2 Å². The summed E-state index contributed by atoms with van der Waals surface area (Å²) in [6.45, 7) is 4.45. The second-order valence-corrected chi connectivity index (χ2v) is 6.61. The Morgan fingerprint density at radius 1 is 1.19 bits per heavy atom. The molecule has 1 N–H and O–H groups in total. The number of anilines is 2. The Morgan fingerprint density at radius 3 is 2.65 bits per heavy atom. The first kappa shape index (κ1) is 18.0. The number of Topliss-reactive ketones (excluding diaryl/α,β-unsaturated/α-hetero) is 1. The lowest BCUT2D eigenvalue weighted by Crippen LogP contribution is -2.43. The van der Waals surface area contributed by atoms with E-state index in [0.29, 0.717) is 23.1 Å². The van der Waals surface area contributed by atoms with Crippen LogP contribution in [0.3, 0.4) is 0 Å². The standard InChI is InChI=1S/C20H24N4O2/c1-3-18-9-4-5-10-24(18)19(26)16-12-21-20(22-13-16)23-17-8-6-7-15(11-17)14(2)25/h6-8,11-13,18H,3-5,9-10H2,1-2H3,(H,21,22,23). The molecule has 0 radical (unpaired) electrons. The molecule has 1 aliphatic heterocycles. The van der Waals surface area contributed by atoms with E-state index in [9.17, 15) is 9.59 Å². The number of piperidine rings is 1. The van der Waals surface area contributed by atoms with Crippen molar-refractivity contribution in [2.24, 2.45) is 0 Å². The molecular weight excluding hydrogens is 328 g/mol. The third-order valence-corrected chi connectivity index (χ3v) is 4.78. The van der Waals surface area contributed by atoms with E-state index >= 15 is 0 Å². The molecular formula is C20H24N4O2. The molecule has 2 heterocycles. The molecule has 6 nitrogen and oxygen atoms in total. The number of rotatable bonds is 5. The summed E-state index contributed by atoms with van der Waals surface area (Å²) in [6.07, 6.45) is 7.39. The lowest BCUT2D eigenvalue weighted by atomic mass is 9.99. The van der Waals surface area contributed by atoms with Gasteiger partial charge in [-0.2, -0.15) is 0 Å². The number of aromatic nitrogens is 2. The van der Waals surface area contributed by atoms with Crippen LogP contribution in [0.5, 0.6) is 0 Å². The maximum Gasteiger partial charge on any atom is 0.257 e. The molecule has 1 fully saturated rings. The van der Waals surface area contributed by atoms with Gasteiger partial charge in [0.15, 0.2) is 5.78 Å². The molecule has 6 heteroatoms. The fraction of sp³-hybridized carbons (Fsp3) is 0.400. The molecule has 1 atom stereocenters. The summed E-state index contributed by atoms with van der Waals surface area (Å²) < 4.78 is 0. The first-order valence-electron chi connectivity index (χ1n) is 9.09. The van der Waals surface area contributed by atoms with E-state index in [0.717, 1.165) is 31.5 Å². The van der Waals surface area contributed by atoms with Gasteiger partial charge in [0.05, 0.1) is 5.56 Å². The molecule has 1 aromatic carbocycles. The van der Waals surface area contributed by atoms with Crippen molar-refractivity contribution in [2.45, 2.75) is 45.6 Å². The van der Waals surface area contributed by atoms with Gasteiger partial charge in [0.2, 0.25) is 5.95 Å². The van der Waals surface area contributed by atoms with Crippen LogP contribution in [-0.2, 0) is 0 Å². The van der Waals surface area contributed by atoms with Gasteiger partial charge in [-0.15, -0.1) is 0 Å². The van der Waals surface area contributed by atoms with Crippen molar-refractivity contribution in [2.75, 3.05) is 11.9 Å². The van der Waals surface area contributed by atoms with E-state index < -0.39 is 0 Å². The number of carbonyl (C=O) groups is 2. The maximum absolute atomic E-state index is 12.7. The number of amides is 1. The molecule has 0 saturated carbocycles. The number of likely N-dealkylation sites (tertiary alicyclic amines) is 1. The molecule has 1 amide bonds. The number of hydrogen-bond donors (Lipinski definition) is 1. The van der Waals surface area contributed by atoms with E-state index in [2.05, 4.69) is 22.2 Å². The largest absolute Gasteiger partial charge is 0.336 e. The lowest BCUT2D eigenvalue weighted by Gasteiger charge is -2.35. The lowest BCUT2D eigenvalue weighted by molar-refractivity contribution is 0.0607. The Labute approximate surface area is 153 Å². The Morgan fingerprint density at radius 2 is 1.96 bits per heavy atom. The molecule has 1 unspecified atom stereocenters. The summed E-state index contributed by atoms with van der Waals surface area (Å²) in [7, 11) is 0. The zero-order chi connectivity index (χ0) is 18.5. The van der Waals surface area contributed by atoms with E-state index in [-0.39, 0.29) is 11.7 Å². The average molecular weight is 352 g/mol. The number of nitrogens with zero attached hydrogens (tertiary/aromatic N) is 3.